The Morgan fingerprint density at radius 2 is 2.31 bits per heavy atom. The average molecular weight is 242 g/mol. The predicted molar refractivity (Wildman–Crippen MR) is 60.2 cm³/mol. The highest BCUT2D eigenvalue weighted by Gasteiger charge is 2.18. The van der Waals surface area contributed by atoms with Crippen molar-refractivity contribution >= 4 is 15.7 Å². The van der Waals surface area contributed by atoms with Gasteiger partial charge >= 0.3 is 0 Å². The van der Waals surface area contributed by atoms with Crippen LogP contribution >= 0.6 is 0 Å². The number of unbranched alkanes of at least 4 members (excludes halogenated alkanes) is 1. The number of rotatable bonds is 5. The minimum Gasteiger partial charge on any atom is -0.274 e. The summed E-state index contributed by atoms with van der Waals surface area (Å²) in [6.45, 7) is 0. The van der Waals surface area contributed by atoms with E-state index in [0.29, 0.717) is 12.1 Å². The zero-order chi connectivity index (χ0) is 12.2. The van der Waals surface area contributed by atoms with E-state index in [0.717, 1.165) is 0 Å². The summed E-state index contributed by atoms with van der Waals surface area (Å²) >= 11 is 0. The molecule has 0 unspecified atom stereocenters. The maximum Gasteiger partial charge on any atom is 0.235 e. The fraction of sp³-hybridized carbons (Fsp3) is 0.556. The topological polar surface area (TPSA) is 79.0 Å². The largest absolute Gasteiger partial charge is 0.274 e. The van der Waals surface area contributed by atoms with Crippen LogP contribution in [0.15, 0.2) is 12.4 Å². The van der Waals surface area contributed by atoms with Crippen molar-refractivity contribution in [3.05, 3.63) is 12.4 Å². The minimum absolute atomic E-state index is 0.0219. The van der Waals surface area contributed by atoms with Gasteiger partial charge in [-0.2, -0.15) is 10.4 Å². The summed E-state index contributed by atoms with van der Waals surface area (Å²) < 4.78 is 26.3. The van der Waals surface area contributed by atoms with Crippen molar-refractivity contribution in [3.8, 4) is 6.07 Å². The maximum absolute atomic E-state index is 11.8. The molecule has 1 aromatic rings. The maximum atomic E-state index is 11.8. The number of anilines is 1. The zero-order valence-electron chi connectivity index (χ0n) is 9.29. The second-order valence-electron chi connectivity index (χ2n) is 3.42. The molecule has 0 saturated heterocycles. The molecule has 6 nitrogen and oxygen atoms in total. The normalized spacial score (nSPS) is 11.1. The van der Waals surface area contributed by atoms with Crippen LogP contribution in [-0.4, -0.2) is 31.0 Å². The van der Waals surface area contributed by atoms with Gasteiger partial charge in [-0.1, -0.05) is 0 Å². The molecule has 0 aliphatic rings. The van der Waals surface area contributed by atoms with E-state index in [9.17, 15) is 8.42 Å². The second-order valence-corrected chi connectivity index (χ2v) is 5.54. The SMILES string of the molecule is CN(c1cnn(C)c1)S(=O)(=O)CCCC#N. The molecule has 1 aromatic heterocycles. The van der Waals surface area contributed by atoms with Crippen LogP contribution in [0, 0.1) is 11.3 Å². The number of nitrogens with zero attached hydrogens (tertiary/aromatic N) is 4. The summed E-state index contributed by atoms with van der Waals surface area (Å²) in [5, 5.41) is 12.3. The molecule has 7 heteroatoms. The number of hydrogen-bond donors (Lipinski definition) is 0. The van der Waals surface area contributed by atoms with E-state index in [1.54, 1.807) is 13.2 Å². The molecule has 0 saturated carbocycles. The van der Waals surface area contributed by atoms with Crippen molar-refractivity contribution in [1.82, 2.24) is 9.78 Å². The minimum atomic E-state index is -3.34. The fourth-order valence-corrected chi connectivity index (χ4v) is 2.40. The van der Waals surface area contributed by atoms with Gasteiger partial charge in [0.25, 0.3) is 0 Å². The highest BCUT2D eigenvalue weighted by atomic mass is 32.2. The Hall–Kier alpha value is -1.55. The average Bonchev–Trinajstić information content (AvgIpc) is 2.64. The first-order valence-corrected chi connectivity index (χ1v) is 6.40. The van der Waals surface area contributed by atoms with Crippen LogP contribution in [0.4, 0.5) is 5.69 Å². The van der Waals surface area contributed by atoms with Gasteiger partial charge in [-0.25, -0.2) is 8.42 Å². The van der Waals surface area contributed by atoms with Crippen LogP contribution in [0.5, 0.6) is 0 Å². The molecule has 0 bridgehead atoms. The van der Waals surface area contributed by atoms with Crippen LogP contribution in [0.3, 0.4) is 0 Å². The summed E-state index contributed by atoms with van der Waals surface area (Å²) in [4.78, 5) is 0. The van der Waals surface area contributed by atoms with Gasteiger partial charge < -0.3 is 0 Å². The molecule has 0 aliphatic heterocycles. The standard InChI is InChI=1S/C9H14N4O2S/c1-12-8-9(7-11-12)13(2)16(14,15)6-4-3-5-10/h7-8H,3-4,6H2,1-2H3. The lowest BCUT2D eigenvalue weighted by molar-refractivity contribution is 0.592. The molecule has 0 radical (unpaired) electrons. The quantitative estimate of drug-likeness (QED) is 0.704. The lowest BCUT2D eigenvalue weighted by Crippen LogP contribution is -2.28. The van der Waals surface area contributed by atoms with E-state index in [-0.39, 0.29) is 12.2 Å². The van der Waals surface area contributed by atoms with Crippen LogP contribution < -0.4 is 4.31 Å². The first-order valence-electron chi connectivity index (χ1n) is 4.79. The Kier molecular flexibility index (Phi) is 3.90. The molecule has 0 aliphatic carbocycles. The molecule has 0 amide bonds. The van der Waals surface area contributed by atoms with E-state index in [4.69, 9.17) is 5.26 Å². The van der Waals surface area contributed by atoms with Crippen molar-refractivity contribution in [2.45, 2.75) is 12.8 Å². The molecule has 1 rings (SSSR count). The van der Waals surface area contributed by atoms with Crippen LogP contribution in [0.1, 0.15) is 12.8 Å². The number of aromatic nitrogens is 2. The van der Waals surface area contributed by atoms with Gasteiger partial charge in [0.1, 0.15) is 0 Å². The summed E-state index contributed by atoms with van der Waals surface area (Å²) in [6.07, 6.45) is 3.72. The van der Waals surface area contributed by atoms with E-state index >= 15 is 0 Å². The van der Waals surface area contributed by atoms with Gasteiger partial charge in [0, 0.05) is 26.7 Å². The van der Waals surface area contributed by atoms with Gasteiger partial charge in [0.2, 0.25) is 10.0 Å². The van der Waals surface area contributed by atoms with Crippen LogP contribution in [0.2, 0.25) is 0 Å². The molecule has 16 heavy (non-hydrogen) atoms. The fourth-order valence-electron chi connectivity index (χ4n) is 1.20. The molecule has 1 heterocycles. The monoisotopic (exact) mass is 242 g/mol. The Labute approximate surface area is 95.1 Å². The molecule has 0 spiro atoms. The van der Waals surface area contributed by atoms with Crippen molar-refractivity contribution in [2.75, 3.05) is 17.1 Å². The van der Waals surface area contributed by atoms with Gasteiger partial charge in [-0.15, -0.1) is 0 Å². The van der Waals surface area contributed by atoms with E-state index in [2.05, 4.69) is 5.10 Å². The molecule has 0 fully saturated rings. The molecule has 0 atom stereocenters. The van der Waals surface area contributed by atoms with Gasteiger partial charge in [-0.3, -0.25) is 8.99 Å². The lowest BCUT2D eigenvalue weighted by Gasteiger charge is -2.16. The molecular formula is C9H14N4O2S. The smallest absolute Gasteiger partial charge is 0.235 e. The van der Waals surface area contributed by atoms with Crippen molar-refractivity contribution in [1.29, 1.82) is 5.26 Å². The number of aryl methyl sites for hydroxylation is 1. The van der Waals surface area contributed by atoms with Gasteiger partial charge in [0.05, 0.1) is 23.7 Å². The van der Waals surface area contributed by atoms with Crippen LogP contribution in [-0.2, 0) is 17.1 Å². The summed E-state index contributed by atoms with van der Waals surface area (Å²) in [6, 6.07) is 1.92. The number of hydrogen-bond acceptors (Lipinski definition) is 4. The van der Waals surface area contributed by atoms with E-state index < -0.39 is 10.0 Å². The Bertz CT molecular complexity index is 486. The number of sulfonamides is 1. The van der Waals surface area contributed by atoms with Crippen molar-refractivity contribution in [2.24, 2.45) is 7.05 Å². The highest BCUT2D eigenvalue weighted by molar-refractivity contribution is 7.92. The molecule has 0 aromatic carbocycles. The Morgan fingerprint density at radius 1 is 1.62 bits per heavy atom. The Morgan fingerprint density at radius 3 is 2.81 bits per heavy atom. The van der Waals surface area contributed by atoms with E-state index in [1.165, 1.54) is 22.2 Å². The highest BCUT2D eigenvalue weighted by Crippen LogP contribution is 2.15. The zero-order valence-corrected chi connectivity index (χ0v) is 10.1. The summed E-state index contributed by atoms with van der Waals surface area (Å²) in [5.41, 5.74) is 0.527. The predicted octanol–water partition coefficient (Wildman–Crippen LogP) is 0.490. The second kappa shape index (κ2) is 4.99. The van der Waals surface area contributed by atoms with Gasteiger partial charge in [0.15, 0.2) is 0 Å². The molecule has 88 valence electrons. The summed E-state index contributed by atoms with van der Waals surface area (Å²) in [5.74, 6) is -0.0219. The first kappa shape index (κ1) is 12.5. The van der Waals surface area contributed by atoms with Crippen LogP contribution in [0.25, 0.3) is 0 Å². The van der Waals surface area contributed by atoms with Crippen molar-refractivity contribution < 1.29 is 8.42 Å². The lowest BCUT2D eigenvalue weighted by atomic mass is 10.4. The molecular weight excluding hydrogens is 228 g/mol. The third-order valence-corrected chi connectivity index (χ3v) is 4.01. The van der Waals surface area contributed by atoms with Gasteiger partial charge in [-0.05, 0) is 6.42 Å². The summed E-state index contributed by atoms with van der Waals surface area (Å²) in [7, 11) is -0.137. The third kappa shape index (κ3) is 2.97. The number of nitriles is 1. The Balaban J connectivity index is 2.73. The molecule has 0 N–H and O–H groups in total. The van der Waals surface area contributed by atoms with Crippen molar-refractivity contribution in [3.63, 3.8) is 0 Å². The van der Waals surface area contributed by atoms with E-state index in [1.807, 2.05) is 6.07 Å². The first-order chi connectivity index (χ1) is 7.47. The third-order valence-electron chi connectivity index (χ3n) is 2.16.